The molecule has 0 spiro atoms. The van der Waals surface area contributed by atoms with Crippen molar-refractivity contribution < 1.29 is 14.3 Å². The monoisotopic (exact) mass is 234 g/mol. The van der Waals surface area contributed by atoms with Crippen molar-refractivity contribution in [1.82, 2.24) is 0 Å². The van der Waals surface area contributed by atoms with Gasteiger partial charge in [-0.25, -0.2) is 4.79 Å². The van der Waals surface area contributed by atoms with E-state index in [0.29, 0.717) is 0 Å². The number of ether oxygens (including phenoxy) is 2. The van der Waals surface area contributed by atoms with Crippen molar-refractivity contribution in [3.05, 3.63) is 41.7 Å². The molecule has 3 heteroatoms. The molecule has 0 bridgehead atoms. The summed E-state index contributed by atoms with van der Waals surface area (Å²) in [6.07, 6.45) is 1.68. The largest absolute Gasteiger partial charge is 0.481 e. The fourth-order valence-corrected chi connectivity index (χ4v) is 1.26. The molecule has 92 valence electrons. The Morgan fingerprint density at radius 1 is 1.18 bits per heavy atom. The molecule has 1 aromatic carbocycles. The van der Waals surface area contributed by atoms with Gasteiger partial charge in [-0.3, -0.25) is 0 Å². The summed E-state index contributed by atoms with van der Waals surface area (Å²) in [7, 11) is 1.34. The Labute approximate surface area is 102 Å². The zero-order chi connectivity index (χ0) is 12.9. The molecule has 3 nitrogen and oxygen atoms in total. The molecule has 0 aromatic heterocycles. The van der Waals surface area contributed by atoms with Crippen LogP contribution in [0.4, 0.5) is 0 Å². The van der Waals surface area contributed by atoms with E-state index in [2.05, 4.69) is 0 Å². The molecule has 1 aromatic rings. The number of carbonyl (C=O) groups is 1. The molecule has 17 heavy (non-hydrogen) atoms. The van der Waals surface area contributed by atoms with Crippen molar-refractivity contribution in [3.63, 3.8) is 0 Å². The molecule has 0 unspecified atom stereocenters. The predicted molar refractivity (Wildman–Crippen MR) is 67.3 cm³/mol. The Bertz CT molecular complexity index is 399. The van der Waals surface area contributed by atoms with Gasteiger partial charge in [-0.05, 0) is 32.4 Å². The molecule has 0 radical (unpaired) electrons. The Hall–Kier alpha value is -1.77. The summed E-state index contributed by atoms with van der Waals surface area (Å²) in [6.45, 7) is 5.65. The minimum Gasteiger partial charge on any atom is -0.481 e. The van der Waals surface area contributed by atoms with E-state index in [1.807, 2.05) is 51.1 Å². The highest BCUT2D eigenvalue weighted by atomic mass is 16.6. The predicted octanol–water partition coefficient (Wildman–Crippen LogP) is 3.02. The summed E-state index contributed by atoms with van der Waals surface area (Å²) < 4.78 is 10.3. The summed E-state index contributed by atoms with van der Waals surface area (Å²) in [5.74, 6) is -0.255. The third kappa shape index (κ3) is 4.72. The molecule has 1 rings (SSSR count). The minimum atomic E-state index is -0.469. The lowest BCUT2D eigenvalue weighted by molar-refractivity contribution is -0.142. The number of rotatable bonds is 3. The standard InChI is InChI=1S/C14H18O3/c1-14(2,3)17-12(13(15)16-4)10-11-8-6-5-7-9-11/h5-10H,1-4H3. The Morgan fingerprint density at radius 3 is 2.24 bits per heavy atom. The van der Waals surface area contributed by atoms with E-state index in [9.17, 15) is 4.79 Å². The summed E-state index contributed by atoms with van der Waals surface area (Å²) in [6, 6.07) is 9.51. The number of methoxy groups -OCH3 is 1. The van der Waals surface area contributed by atoms with Crippen LogP contribution in [-0.2, 0) is 14.3 Å². The van der Waals surface area contributed by atoms with Gasteiger partial charge in [-0.15, -0.1) is 0 Å². The highest BCUT2D eigenvalue weighted by molar-refractivity contribution is 5.91. The van der Waals surface area contributed by atoms with E-state index >= 15 is 0 Å². The normalized spacial score (nSPS) is 12.1. The smallest absolute Gasteiger partial charge is 0.373 e. The van der Waals surface area contributed by atoms with Crippen LogP contribution in [0.3, 0.4) is 0 Å². The number of hydrogen-bond donors (Lipinski definition) is 0. The van der Waals surface area contributed by atoms with E-state index in [1.165, 1.54) is 7.11 Å². The maximum absolute atomic E-state index is 11.6. The van der Waals surface area contributed by atoms with Gasteiger partial charge in [-0.1, -0.05) is 30.3 Å². The van der Waals surface area contributed by atoms with E-state index in [4.69, 9.17) is 9.47 Å². The molecular formula is C14H18O3. The van der Waals surface area contributed by atoms with Gasteiger partial charge in [0.2, 0.25) is 5.76 Å². The third-order valence-corrected chi connectivity index (χ3v) is 1.90. The average molecular weight is 234 g/mol. The van der Waals surface area contributed by atoms with E-state index in [1.54, 1.807) is 6.08 Å². The molecule has 0 atom stereocenters. The van der Waals surface area contributed by atoms with Gasteiger partial charge in [0.1, 0.15) is 5.60 Å². The van der Waals surface area contributed by atoms with E-state index in [-0.39, 0.29) is 5.76 Å². The first-order chi connectivity index (χ1) is 7.92. The lowest BCUT2D eigenvalue weighted by Gasteiger charge is -2.22. The van der Waals surface area contributed by atoms with E-state index < -0.39 is 11.6 Å². The van der Waals surface area contributed by atoms with Gasteiger partial charge >= 0.3 is 5.97 Å². The molecule has 0 fully saturated rings. The second kappa shape index (κ2) is 5.53. The Balaban J connectivity index is 2.99. The van der Waals surface area contributed by atoms with Gasteiger partial charge in [0, 0.05) is 0 Å². The van der Waals surface area contributed by atoms with Crippen LogP contribution in [0.2, 0.25) is 0 Å². The topological polar surface area (TPSA) is 35.5 Å². The molecule has 0 saturated heterocycles. The second-order valence-corrected chi connectivity index (χ2v) is 4.63. The number of benzene rings is 1. The average Bonchev–Trinajstić information content (AvgIpc) is 2.27. The summed E-state index contributed by atoms with van der Waals surface area (Å²) in [5, 5.41) is 0. The molecule has 0 aliphatic carbocycles. The molecule has 0 amide bonds. The van der Waals surface area contributed by atoms with Gasteiger partial charge < -0.3 is 9.47 Å². The molecule has 0 aliphatic heterocycles. The highest BCUT2D eigenvalue weighted by Gasteiger charge is 2.19. The van der Waals surface area contributed by atoms with Crippen LogP contribution in [-0.4, -0.2) is 18.7 Å². The van der Waals surface area contributed by atoms with Crippen LogP contribution in [0.1, 0.15) is 26.3 Å². The van der Waals surface area contributed by atoms with Crippen LogP contribution in [0.25, 0.3) is 6.08 Å². The first kappa shape index (κ1) is 13.3. The molecule has 0 N–H and O–H groups in total. The van der Waals surface area contributed by atoms with Crippen molar-refractivity contribution in [3.8, 4) is 0 Å². The zero-order valence-corrected chi connectivity index (χ0v) is 10.7. The first-order valence-corrected chi connectivity index (χ1v) is 5.46. The summed E-state index contributed by atoms with van der Waals surface area (Å²) >= 11 is 0. The minimum absolute atomic E-state index is 0.214. The zero-order valence-electron chi connectivity index (χ0n) is 10.7. The number of esters is 1. The van der Waals surface area contributed by atoms with Crippen molar-refractivity contribution in [1.29, 1.82) is 0 Å². The first-order valence-electron chi connectivity index (χ1n) is 5.46. The molecule has 0 heterocycles. The van der Waals surface area contributed by atoms with Crippen molar-refractivity contribution >= 4 is 12.0 Å². The SMILES string of the molecule is COC(=O)C(=Cc1ccccc1)OC(C)(C)C. The molecule has 0 aliphatic rings. The van der Waals surface area contributed by atoms with Gasteiger partial charge in [0.05, 0.1) is 7.11 Å². The number of carbonyl (C=O) groups excluding carboxylic acids is 1. The fourth-order valence-electron chi connectivity index (χ4n) is 1.26. The van der Waals surface area contributed by atoms with Crippen LogP contribution in [0, 0.1) is 0 Å². The number of hydrogen-bond acceptors (Lipinski definition) is 3. The third-order valence-electron chi connectivity index (χ3n) is 1.90. The van der Waals surface area contributed by atoms with Crippen LogP contribution in [0.5, 0.6) is 0 Å². The lowest BCUT2D eigenvalue weighted by atomic mass is 10.1. The van der Waals surface area contributed by atoms with Crippen molar-refractivity contribution in [2.45, 2.75) is 26.4 Å². The molecular weight excluding hydrogens is 216 g/mol. The van der Waals surface area contributed by atoms with Crippen LogP contribution >= 0.6 is 0 Å². The lowest BCUT2D eigenvalue weighted by Crippen LogP contribution is -2.22. The van der Waals surface area contributed by atoms with Gasteiger partial charge in [0.25, 0.3) is 0 Å². The summed E-state index contributed by atoms with van der Waals surface area (Å²) in [4.78, 5) is 11.6. The van der Waals surface area contributed by atoms with Gasteiger partial charge in [-0.2, -0.15) is 0 Å². The maximum Gasteiger partial charge on any atom is 0.373 e. The fraction of sp³-hybridized carbons (Fsp3) is 0.357. The quantitative estimate of drug-likeness (QED) is 0.458. The van der Waals surface area contributed by atoms with Crippen LogP contribution < -0.4 is 0 Å². The highest BCUT2D eigenvalue weighted by Crippen LogP contribution is 2.17. The second-order valence-electron chi connectivity index (χ2n) is 4.63. The molecule has 0 saturated carbocycles. The Kier molecular flexibility index (Phi) is 4.32. The van der Waals surface area contributed by atoms with Gasteiger partial charge in [0.15, 0.2) is 0 Å². The summed E-state index contributed by atoms with van der Waals surface area (Å²) in [5.41, 5.74) is 0.464. The van der Waals surface area contributed by atoms with Crippen LogP contribution in [0.15, 0.2) is 36.1 Å². The van der Waals surface area contributed by atoms with Crippen molar-refractivity contribution in [2.75, 3.05) is 7.11 Å². The van der Waals surface area contributed by atoms with Crippen molar-refractivity contribution in [2.24, 2.45) is 0 Å². The maximum atomic E-state index is 11.6. The Morgan fingerprint density at radius 2 is 1.76 bits per heavy atom. The van der Waals surface area contributed by atoms with E-state index in [0.717, 1.165) is 5.56 Å².